The van der Waals surface area contributed by atoms with Crippen molar-refractivity contribution in [1.29, 1.82) is 0 Å². The van der Waals surface area contributed by atoms with E-state index >= 15 is 0 Å². The van der Waals surface area contributed by atoms with Crippen LogP contribution in [0.5, 0.6) is 0 Å². The molecule has 0 aliphatic carbocycles. The van der Waals surface area contributed by atoms with Crippen LogP contribution < -0.4 is 10.6 Å². The van der Waals surface area contributed by atoms with Crippen LogP contribution in [0, 0.1) is 0 Å². The Morgan fingerprint density at radius 2 is 2.10 bits per heavy atom. The van der Waals surface area contributed by atoms with E-state index in [0.29, 0.717) is 0 Å². The van der Waals surface area contributed by atoms with Crippen LogP contribution in [0.2, 0.25) is 0 Å². The van der Waals surface area contributed by atoms with Crippen molar-refractivity contribution in [3.63, 3.8) is 0 Å². The van der Waals surface area contributed by atoms with Crippen LogP contribution in [0.3, 0.4) is 0 Å². The number of nitrogens with zero attached hydrogens (tertiary/aromatic N) is 5. The zero-order valence-electron chi connectivity index (χ0n) is 10.9. The monoisotopic (exact) mass is 266 g/mol. The zero-order valence-corrected chi connectivity index (χ0v) is 10.9. The van der Waals surface area contributed by atoms with Gasteiger partial charge in [-0.15, -0.1) is 10.2 Å². The lowest BCUT2D eigenvalue weighted by Gasteiger charge is -2.30. The van der Waals surface area contributed by atoms with Gasteiger partial charge >= 0.3 is 0 Å². The van der Waals surface area contributed by atoms with Crippen LogP contribution in [-0.2, 0) is 13.1 Å². The third kappa shape index (κ3) is 1.61. The van der Waals surface area contributed by atoms with E-state index in [9.17, 15) is 0 Å². The quantitative estimate of drug-likeness (QED) is 0.674. The van der Waals surface area contributed by atoms with E-state index in [1.165, 1.54) is 0 Å². The Labute approximate surface area is 115 Å². The average Bonchev–Trinajstić information content (AvgIpc) is 2.95. The smallest absolute Gasteiger partial charge is 0.152 e. The summed E-state index contributed by atoms with van der Waals surface area (Å²) in [6, 6.07) is 7.97. The Kier molecular flexibility index (Phi) is 2.35. The SMILES string of the molecule is Nc1c(N2CCn3cnnc3C2)ccc2ncccc12. The van der Waals surface area contributed by atoms with Gasteiger partial charge < -0.3 is 15.2 Å². The fourth-order valence-corrected chi connectivity index (χ4v) is 2.71. The Morgan fingerprint density at radius 1 is 1.15 bits per heavy atom. The molecule has 0 atom stereocenters. The Hall–Kier alpha value is -2.63. The fourth-order valence-electron chi connectivity index (χ4n) is 2.71. The van der Waals surface area contributed by atoms with Crippen LogP contribution in [0.15, 0.2) is 36.8 Å². The Bertz CT molecular complexity index is 778. The molecule has 0 bridgehead atoms. The summed E-state index contributed by atoms with van der Waals surface area (Å²) >= 11 is 0. The Balaban J connectivity index is 1.78. The molecule has 1 aliphatic rings. The van der Waals surface area contributed by atoms with E-state index in [1.54, 1.807) is 12.5 Å². The van der Waals surface area contributed by atoms with Gasteiger partial charge in [0.1, 0.15) is 6.33 Å². The molecule has 2 N–H and O–H groups in total. The molecule has 0 radical (unpaired) electrons. The lowest BCUT2D eigenvalue weighted by Crippen LogP contribution is -2.34. The van der Waals surface area contributed by atoms with Crippen LogP contribution >= 0.6 is 0 Å². The summed E-state index contributed by atoms with van der Waals surface area (Å²) in [6.45, 7) is 2.52. The fraction of sp³-hybridized carbons (Fsp3) is 0.214. The highest BCUT2D eigenvalue weighted by Crippen LogP contribution is 2.32. The van der Waals surface area contributed by atoms with Gasteiger partial charge in [-0.3, -0.25) is 4.98 Å². The van der Waals surface area contributed by atoms with Gasteiger partial charge in [0, 0.05) is 24.7 Å². The molecule has 1 aliphatic heterocycles. The molecule has 1 aromatic carbocycles. The number of nitrogen functional groups attached to an aromatic ring is 1. The van der Waals surface area contributed by atoms with Crippen molar-refractivity contribution in [1.82, 2.24) is 19.7 Å². The maximum Gasteiger partial charge on any atom is 0.152 e. The van der Waals surface area contributed by atoms with Gasteiger partial charge in [0.25, 0.3) is 0 Å². The summed E-state index contributed by atoms with van der Waals surface area (Å²) < 4.78 is 2.08. The van der Waals surface area contributed by atoms with Crippen LogP contribution in [0.25, 0.3) is 10.9 Å². The largest absolute Gasteiger partial charge is 0.396 e. The molecular formula is C14H14N6. The summed E-state index contributed by atoms with van der Waals surface area (Å²) in [6.07, 6.45) is 3.56. The average molecular weight is 266 g/mol. The van der Waals surface area contributed by atoms with Gasteiger partial charge in [0.2, 0.25) is 0 Å². The number of hydrogen-bond donors (Lipinski definition) is 1. The molecule has 6 nitrogen and oxygen atoms in total. The van der Waals surface area contributed by atoms with Gasteiger partial charge in [-0.05, 0) is 24.3 Å². The first-order valence-corrected chi connectivity index (χ1v) is 6.58. The number of nitrogens with two attached hydrogens (primary N) is 1. The molecule has 0 fully saturated rings. The molecule has 4 rings (SSSR count). The standard InChI is InChI=1S/C14H14N6/c15-14-10-2-1-5-16-11(10)3-4-12(14)19-6-7-20-9-17-18-13(20)8-19/h1-5,9H,6-8,15H2. The highest BCUT2D eigenvalue weighted by molar-refractivity contribution is 5.97. The topological polar surface area (TPSA) is 72.9 Å². The van der Waals surface area contributed by atoms with Crippen molar-refractivity contribution < 1.29 is 0 Å². The van der Waals surface area contributed by atoms with E-state index in [-0.39, 0.29) is 0 Å². The maximum atomic E-state index is 6.32. The normalized spacial score (nSPS) is 14.5. The number of benzene rings is 1. The van der Waals surface area contributed by atoms with Gasteiger partial charge in [-0.1, -0.05) is 0 Å². The van der Waals surface area contributed by atoms with Crippen molar-refractivity contribution in [2.45, 2.75) is 13.1 Å². The number of aromatic nitrogens is 4. The lowest BCUT2D eigenvalue weighted by atomic mass is 10.1. The minimum absolute atomic E-state index is 0.732. The predicted octanol–water partition coefficient (Wildman–Crippen LogP) is 1.43. The van der Waals surface area contributed by atoms with Gasteiger partial charge in [0.05, 0.1) is 23.4 Å². The lowest BCUT2D eigenvalue weighted by molar-refractivity contribution is 0.560. The third-order valence-electron chi connectivity index (χ3n) is 3.78. The predicted molar refractivity (Wildman–Crippen MR) is 77.2 cm³/mol. The highest BCUT2D eigenvalue weighted by atomic mass is 15.3. The van der Waals surface area contributed by atoms with Gasteiger partial charge in [-0.25, -0.2) is 0 Å². The molecule has 0 saturated heterocycles. The molecule has 0 spiro atoms. The number of fused-ring (bicyclic) bond motifs is 2. The molecule has 0 unspecified atom stereocenters. The number of pyridine rings is 1. The zero-order chi connectivity index (χ0) is 13.5. The molecule has 0 saturated carbocycles. The van der Waals surface area contributed by atoms with Crippen molar-refractivity contribution >= 4 is 22.3 Å². The molecular weight excluding hydrogens is 252 g/mol. The minimum atomic E-state index is 0.732. The van der Waals surface area contributed by atoms with Crippen LogP contribution in [0.4, 0.5) is 11.4 Å². The van der Waals surface area contributed by atoms with Crippen molar-refractivity contribution in [3.8, 4) is 0 Å². The molecule has 6 heteroatoms. The summed E-state index contributed by atoms with van der Waals surface area (Å²) in [5.74, 6) is 0.974. The van der Waals surface area contributed by atoms with E-state index in [4.69, 9.17) is 5.73 Å². The first-order valence-electron chi connectivity index (χ1n) is 6.58. The van der Waals surface area contributed by atoms with Crippen molar-refractivity contribution in [3.05, 3.63) is 42.6 Å². The minimum Gasteiger partial charge on any atom is -0.396 e. The summed E-state index contributed by atoms with van der Waals surface area (Å²) in [7, 11) is 0. The van der Waals surface area contributed by atoms with Gasteiger partial charge in [-0.2, -0.15) is 0 Å². The summed E-state index contributed by atoms with van der Waals surface area (Å²) in [5.41, 5.74) is 9.07. The maximum absolute atomic E-state index is 6.32. The first-order chi connectivity index (χ1) is 9.83. The van der Waals surface area contributed by atoms with E-state index in [1.807, 2.05) is 24.3 Å². The van der Waals surface area contributed by atoms with Crippen molar-refractivity contribution in [2.75, 3.05) is 17.2 Å². The molecule has 3 aromatic rings. The van der Waals surface area contributed by atoms with Crippen molar-refractivity contribution in [2.24, 2.45) is 0 Å². The number of hydrogen-bond acceptors (Lipinski definition) is 5. The third-order valence-corrected chi connectivity index (χ3v) is 3.78. The second-order valence-electron chi connectivity index (χ2n) is 4.93. The number of rotatable bonds is 1. The number of anilines is 2. The molecule has 20 heavy (non-hydrogen) atoms. The van der Waals surface area contributed by atoms with E-state index in [0.717, 1.165) is 47.7 Å². The highest BCUT2D eigenvalue weighted by Gasteiger charge is 2.20. The summed E-state index contributed by atoms with van der Waals surface area (Å²) in [4.78, 5) is 6.57. The van der Waals surface area contributed by atoms with Crippen LogP contribution in [-0.4, -0.2) is 26.3 Å². The van der Waals surface area contributed by atoms with Crippen LogP contribution in [0.1, 0.15) is 5.82 Å². The summed E-state index contributed by atoms with van der Waals surface area (Å²) in [5, 5.41) is 9.09. The molecule has 0 amide bonds. The Morgan fingerprint density at radius 3 is 3.05 bits per heavy atom. The van der Waals surface area contributed by atoms with E-state index < -0.39 is 0 Å². The van der Waals surface area contributed by atoms with Gasteiger partial charge in [0.15, 0.2) is 5.82 Å². The van der Waals surface area contributed by atoms with E-state index in [2.05, 4.69) is 24.6 Å². The second-order valence-corrected chi connectivity index (χ2v) is 4.93. The molecule has 100 valence electrons. The second kappa shape index (κ2) is 4.19. The first kappa shape index (κ1) is 11.2. The molecule has 3 heterocycles. The molecule has 2 aromatic heterocycles.